The summed E-state index contributed by atoms with van der Waals surface area (Å²) in [4.78, 5) is 26.3. The zero-order chi connectivity index (χ0) is 18.7. The van der Waals surface area contributed by atoms with Gasteiger partial charge in [-0.05, 0) is 36.4 Å². The molecule has 0 atom stereocenters. The van der Waals surface area contributed by atoms with E-state index in [9.17, 15) is 14.7 Å². The highest BCUT2D eigenvalue weighted by Gasteiger charge is 2.15. The Bertz CT molecular complexity index is 1090. The fourth-order valence-electron chi connectivity index (χ4n) is 2.21. The summed E-state index contributed by atoms with van der Waals surface area (Å²) in [5.74, 6) is -0.562. The number of hydrazone groups is 1. The molecule has 0 bridgehead atoms. The van der Waals surface area contributed by atoms with Gasteiger partial charge in [0.25, 0.3) is 5.56 Å². The van der Waals surface area contributed by atoms with Crippen LogP contribution in [-0.4, -0.2) is 20.9 Å². The second-order valence-electron chi connectivity index (χ2n) is 5.16. The molecule has 0 spiro atoms. The molecule has 132 valence electrons. The van der Waals surface area contributed by atoms with E-state index >= 15 is 0 Å². The minimum Gasteiger partial charge on any atom is -0.493 e. The van der Waals surface area contributed by atoms with Gasteiger partial charge in [-0.3, -0.25) is 15.2 Å². The van der Waals surface area contributed by atoms with Crippen LogP contribution in [0.4, 0.5) is 5.69 Å². The van der Waals surface area contributed by atoms with Crippen LogP contribution in [0.3, 0.4) is 0 Å². The van der Waals surface area contributed by atoms with Crippen molar-refractivity contribution in [1.29, 1.82) is 0 Å². The van der Waals surface area contributed by atoms with Crippen molar-refractivity contribution in [2.24, 2.45) is 5.10 Å². The number of aromatic nitrogens is 2. The molecule has 0 unspecified atom stereocenters. The number of rotatable bonds is 4. The van der Waals surface area contributed by atoms with Gasteiger partial charge in [0.2, 0.25) is 5.88 Å². The summed E-state index contributed by atoms with van der Waals surface area (Å²) in [6, 6.07) is 13.6. The number of hydrogen-bond donors (Lipinski definition) is 3. The van der Waals surface area contributed by atoms with Crippen molar-refractivity contribution >= 4 is 39.4 Å². The number of nitrogens with zero attached hydrogens (tertiary/aromatic N) is 2. The monoisotopic (exact) mass is 434 g/mol. The van der Waals surface area contributed by atoms with Crippen molar-refractivity contribution in [2.45, 2.75) is 0 Å². The quantitative estimate of drug-likeness (QED) is 0.433. The molecule has 3 aromatic rings. The van der Waals surface area contributed by atoms with Gasteiger partial charge in [-0.15, -0.1) is 0 Å². The summed E-state index contributed by atoms with van der Waals surface area (Å²) in [7, 11) is 0. The number of hydrogen-bond acceptors (Lipinski definition) is 5. The lowest BCUT2D eigenvalue weighted by atomic mass is 10.3. The van der Waals surface area contributed by atoms with Crippen LogP contribution in [0.2, 0.25) is 5.02 Å². The molecule has 2 aromatic carbocycles. The number of para-hydroxylation sites is 1. The van der Waals surface area contributed by atoms with E-state index in [1.165, 1.54) is 0 Å². The van der Waals surface area contributed by atoms with Crippen LogP contribution in [0.1, 0.15) is 5.56 Å². The van der Waals surface area contributed by atoms with Gasteiger partial charge in [-0.2, -0.15) is 5.10 Å². The standard InChI is InChI=1S/C17H12BrClN4O3/c18-10-5-7-11(8-6-10)22-20-9-12-15(24)21-17(26)23(16(12)25)14-4-2-1-3-13(14)19/h1-9,22,25H,(H,21,24,26). The number of benzene rings is 2. The van der Waals surface area contributed by atoms with Crippen molar-refractivity contribution in [3.05, 3.63) is 84.4 Å². The van der Waals surface area contributed by atoms with Crippen molar-refractivity contribution in [1.82, 2.24) is 9.55 Å². The lowest BCUT2D eigenvalue weighted by Crippen LogP contribution is -2.31. The van der Waals surface area contributed by atoms with E-state index in [1.54, 1.807) is 36.4 Å². The number of H-pyrrole nitrogens is 1. The van der Waals surface area contributed by atoms with E-state index in [0.717, 1.165) is 15.3 Å². The van der Waals surface area contributed by atoms with Gasteiger partial charge in [0.15, 0.2) is 0 Å². The Balaban J connectivity index is 2.00. The summed E-state index contributed by atoms with van der Waals surface area (Å²) in [6.45, 7) is 0. The average molecular weight is 436 g/mol. The normalized spacial score (nSPS) is 11.0. The first-order chi connectivity index (χ1) is 12.5. The van der Waals surface area contributed by atoms with Crippen molar-refractivity contribution in [2.75, 3.05) is 5.43 Å². The van der Waals surface area contributed by atoms with E-state index < -0.39 is 17.1 Å². The second kappa shape index (κ2) is 7.59. The molecule has 0 aliphatic carbocycles. The Kier molecular flexibility index (Phi) is 5.24. The highest BCUT2D eigenvalue weighted by atomic mass is 79.9. The molecule has 0 aliphatic rings. The maximum atomic E-state index is 12.1. The Hall–Kier alpha value is -2.84. The maximum Gasteiger partial charge on any atom is 0.335 e. The first-order valence-corrected chi connectivity index (χ1v) is 8.52. The SMILES string of the molecule is O=c1[nH]c(=O)n(-c2ccccc2Cl)c(O)c1C=NNc1ccc(Br)cc1. The van der Waals surface area contributed by atoms with E-state index in [-0.39, 0.29) is 16.3 Å². The Morgan fingerprint density at radius 1 is 1.15 bits per heavy atom. The molecule has 1 heterocycles. The number of aromatic hydroxyl groups is 1. The fraction of sp³-hybridized carbons (Fsp3) is 0. The van der Waals surface area contributed by atoms with E-state index in [0.29, 0.717) is 5.69 Å². The van der Waals surface area contributed by atoms with Gasteiger partial charge in [0.05, 0.1) is 22.6 Å². The Morgan fingerprint density at radius 3 is 2.54 bits per heavy atom. The van der Waals surface area contributed by atoms with Gasteiger partial charge in [-0.25, -0.2) is 9.36 Å². The molecule has 0 saturated carbocycles. The highest BCUT2D eigenvalue weighted by Crippen LogP contribution is 2.22. The fourth-order valence-corrected chi connectivity index (χ4v) is 2.69. The number of anilines is 1. The zero-order valence-corrected chi connectivity index (χ0v) is 15.5. The second-order valence-corrected chi connectivity index (χ2v) is 6.48. The predicted octanol–water partition coefficient (Wildman–Crippen LogP) is 3.09. The first-order valence-electron chi connectivity index (χ1n) is 7.35. The Morgan fingerprint density at radius 2 is 1.85 bits per heavy atom. The third-order valence-corrected chi connectivity index (χ3v) is 4.29. The molecule has 3 rings (SSSR count). The summed E-state index contributed by atoms with van der Waals surface area (Å²) >= 11 is 9.40. The molecule has 3 N–H and O–H groups in total. The van der Waals surface area contributed by atoms with Crippen LogP contribution in [0.25, 0.3) is 5.69 Å². The molecule has 1 aromatic heterocycles. The molecular weight excluding hydrogens is 424 g/mol. The average Bonchev–Trinajstić information content (AvgIpc) is 2.61. The molecule has 0 amide bonds. The van der Waals surface area contributed by atoms with Crippen LogP contribution in [0.15, 0.2) is 67.7 Å². The molecule has 0 saturated heterocycles. The molecule has 7 nitrogen and oxygen atoms in total. The van der Waals surface area contributed by atoms with Gasteiger partial charge in [-0.1, -0.05) is 39.7 Å². The summed E-state index contributed by atoms with van der Waals surface area (Å²) in [5.41, 5.74) is 1.89. The first kappa shape index (κ1) is 18.0. The minimum absolute atomic E-state index is 0.186. The van der Waals surface area contributed by atoms with Crippen molar-refractivity contribution in [3.8, 4) is 11.6 Å². The van der Waals surface area contributed by atoms with Gasteiger partial charge >= 0.3 is 5.69 Å². The summed E-state index contributed by atoms with van der Waals surface area (Å²) < 4.78 is 1.82. The molecular formula is C17H12BrClN4O3. The molecule has 0 radical (unpaired) electrons. The topological polar surface area (TPSA) is 99.5 Å². The lowest BCUT2D eigenvalue weighted by Gasteiger charge is -2.10. The van der Waals surface area contributed by atoms with Crippen LogP contribution in [-0.2, 0) is 0 Å². The maximum absolute atomic E-state index is 12.1. The van der Waals surface area contributed by atoms with Gasteiger partial charge in [0, 0.05) is 4.47 Å². The highest BCUT2D eigenvalue weighted by molar-refractivity contribution is 9.10. The number of halogens is 2. The van der Waals surface area contributed by atoms with Crippen molar-refractivity contribution < 1.29 is 5.11 Å². The van der Waals surface area contributed by atoms with Crippen molar-refractivity contribution in [3.63, 3.8) is 0 Å². The smallest absolute Gasteiger partial charge is 0.335 e. The van der Waals surface area contributed by atoms with Crippen LogP contribution in [0.5, 0.6) is 5.88 Å². The van der Waals surface area contributed by atoms with Crippen LogP contribution < -0.4 is 16.7 Å². The number of nitrogens with one attached hydrogen (secondary N) is 2. The lowest BCUT2D eigenvalue weighted by molar-refractivity contribution is 0.430. The summed E-state index contributed by atoms with van der Waals surface area (Å²) in [6.07, 6.45) is 1.13. The van der Waals surface area contributed by atoms with E-state index in [2.05, 4.69) is 31.4 Å². The van der Waals surface area contributed by atoms with E-state index in [4.69, 9.17) is 11.6 Å². The molecule has 0 aliphatic heterocycles. The largest absolute Gasteiger partial charge is 0.493 e. The predicted molar refractivity (Wildman–Crippen MR) is 105 cm³/mol. The third-order valence-electron chi connectivity index (χ3n) is 3.45. The van der Waals surface area contributed by atoms with E-state index in [1.807, 2.05) is 12.1 Å². The molecule has 0 fully saturated rings. The van der Waals surface area contributed by atoms with Crippen LogP contribution >= 0.6 is 27.5 Å². The minimum atomic E-state index is -0.807. The summed E-state index contributed by atoms with van der Waals surface area (Å²) in [5, 5.41) is 14.6. The third kappa shape index (κ3) is 3.71. The van der Waals surface area contributed by atoms with Crippen LogP contribution in [0, 0.1) is 0 Å². The molecule has 9 heteroatoms. The Labute approximate surface area is 160 Å². The van der Waals surface area contributed by atoms with Gasteiger partial charge < -0.3 is 5.11 Å². The zero-order valence-electron chi connectivity index (χ0n) is 13.1. The number of aromatic amines is 1. The molecule has 26 heavy (non-hydrogen) atoms. The van der Waals surface area contributed by atoms with Gasteiger partial charge in [0.1, 0.15) is 5.56 Å².